The third kappa shape index (κ3) is 3.15. The minimum absolute atomic E-state index is 0.154. The van der Waals surface area contributed by atoms with Crippen LogP contribution < -0.4 is 0 Å². The number of nitrogens with zero attached hydrogens (tertiary/aromatic N) is 3. The van der Waals surface area contributed by atoms with Crippen molar-refractivity contribution in [1.29, 1.82) is 0 Å². The van der Waals surface area contributed by atoms with Crippen molar-refractivity contribution in [2.24, 2.45) is 0 Å². The molecule has 2 fully saturated rings. The first kappa shape index (κ1) is 17.2. The third-order valence-electron chi connectivity index (χ3n) is 6.64. The Morgan fingerprint density at radius 3 is 2.70 bits per heavy atom. The molecule has 144 valence electrons. The van der Waals surface area contributed by atoms with Crippen LogP contribution in [0.25, 0.3) is 10.9 Å². The molecule has 0 atom stereocenters. The fourth-order valence-electron chi connectivity index (χ4n) is 4.82. The van der Waals surface area contributed by atoms with Gasteiger partial charge in [-0.15, -0.1) is 0 Å². The Balaban J connectivity index is 1.20. The molecule has 6 heteroatoms. The molecule has 1 aromatic heterocycles. The predicted molar refractivity (Wildman–Crippen MR) is 103 cm³/mol. The summed E-state index contributed by atoms with van der Waals surface area (Å²) >= 11 is 0. The average molecular weight is 370 g/mol. The lowest BCUT2D eigenvalue weighted by Gasteiger charge is -2.43. The lowest BCUT2D eigenvalue weighted by molar-refractivity contribution is -0.135. The molecule has 1 aliphatic carbocycles. The van der Waals surface area contributed by atoms with E-state index in [9.17, 15) is 9.18 Å². The predicted octanol–water partition coefficient (Wildman–Crippen LogP) is 2.36. The number of piperazine rings is 1. The third-order valence-corrected chi connectivity index (χ3v) is 6.64. The maximum Gasteiger partial charge on any atom is 0.236 e. The van der Waals surface area contributed by atoms with Gasteiger partial charge in [0, 0.05) is 61.9 Å². The van der Waals surface area contributed by atoms with Crippen LogP contribution in [0, 0.1) is 5.82 Å². The summed E-state index contributed by atoms with van der Waals surface area (Å²) in [7, 11) is 0. The number of nitrogens with one attached hydrogen (secondary N) is 1. The first-order valence-corrected chi connectivity index (χ1v) is 10.2. The van der Waals surface area contributed by atoms with Crippen molar-refractivity contribution in [3.63, 3.8) is 0 Å². The van der Waals surface area contributed by atoms with E-state index in [4.69, 9.17) is 0 Å². The second-order valence-electron chi connectivity index (χ2n) is 8.21. The zero-order valence-corrected chi connectivity index (χ0v) is 15.7. The van der Waals surface area contributed by atoms with E-state index in [2.05, 4.69) is 14.8 Å². The van der Waals surface area contributed by atoms with Crippen molar-refractivity contribution in [1.82, 2.24) is 19.7 Å². The van der Waals surface area contributed by atoms with Gasteiger partial charge in [-0.2, -0.15) is 0 Å². The van der Waals surface area contributed by atoms with E-state index >= 15 is 0 Å². The molecule has 0 spiro atoms. The molecule has 1 saturated heterocycles. The van der Waals surface area contributed by atoms with E-state index in [1.54, 1.807) is 6.07 Å². The Hall–Kier alpha value is -1.92. The second-order valence-corrected chi connectivity index (χ2v) is 8.21. The summed E-state index contributed by atoms with van der Waals surface area (Å²) in [4.78, 5) is 22.9. The normalized spacial score (nSPS) is 22.0. The van der Waals surface area contributed by atoms with Gasteiger partial charge in [0.25, 0.3) is 0 Å². The van der Waals surface area contributed by atoms with E-state index in [1.807, 2.05) is 11.0 Å². The van der Waals surface area contributed by atoms with E-state index < -0.39 is 0 Å². The number of aromatic nitrogens is 1. The molecular weight excluding hydrogens is 343 g/mol. The molecule has 0 radical (unpaired) electrons. The summed E-state index contributed by atoms with van der Waals surface area (Å²) in [5.41, 5.74) is 3.00. The van der Waals surface area contributed by atoms with Crippen molar-refractivity contribution >= 4 is 16.8 Å². The number of fused-ring (bicyclic) bond motifs is 3. The fraction of sp³-hybridized carbons (Fsp3) is 0.571. The zero-order valence-electron chi connectivity index (χ0n) is 15.7. The van der Waals surface area contributed by atoms with Crippen LogP contribution in [0.3, 0.4) is 0 Å². The Bertz CT molecular complexity index is 851. The van der Waals surface area contributed by atoms with Crippen molar-refractivity contribution in [3.8, 4) is 0 Å². The molecule has 1 saturated carbocycles. The van der Waals surface area contributed by atoms with Gasteiger partial charge in [-0.25, -0.2) is 4.39 Å². The molecule has 1 amide bonds. The number of carbonyl (C=O) groups excluding carboxylic acids is 1. The van der Waals surface area contributed by atoms with E-state index in [1.165, 1.54) is 25.3 Å². The molecule has 2 aliphatic heterocycles. The first-order valence-electron chi connectivity index (χ1n) is 10.2. The highest BCUT2D eigenvalue weighted by Gasteiger charge is 2.30. The summed E-state index contributed by atoms with van der Waals surface area (Å²) in [5, 5.41) is 0.727. The number of rotatable bonds is 3. The van der Waals surface area contributed by atoms with Crippen LogP contribution in [0.4, 0.5) is 4.39 Å². The van der Waals surface area contributed by atoms with Gasteiger partial charge in [0.1, 0.15) is 5.82 Å². The summed E-state index contributed by atoms with van der Waals surface area (Å²) in [6, 6.07) is 5.96. The Labute approximate surface area is 159 Å². The summed E-state index contributed by atoms with van der Waals surface area (Å²) in [5.74, 6) is 0.0767. The number of amides is 1. The highest BCUT2D eigenvalue weighted by atomic mass is 19.1. The van der Waals surface area contributed by atoms with Gasteiger partial charge in [0.2, 0.25) is 5.91 Å². The zero-order chi connectivity index (χ0) is 18.4. The molecule has 1 N–H and O–H groups in total. The summed E-state index contributed by atoms with van der Waals surface area (Å²) < 4.78 is 14.2. The Morgan fingerprint density at radius 2 is 1.96 bits per heavy atom. The van der Waals surface area contributed by atoms with Gasteiger partial charge in [-0.1, -0.05) is 12.5 Å². The van der Waals surface area contributed by atoms with Gasteiger partial charge >= 0.3 is 0 Å². The first-order chi connectivity index (χ1) is 13.2. The fourth-order valence-corrected chi connectivity index (χ4v) is 4.82. The van der Waals surface area contributed by atoms with Crippen LogP contribution in [0.15, 0.2) is 18.2 Å². The van der Waals surface area contributed by atoms with Crippen LogP contribution in [0.2, 0.25) is 0 Å². The maximum atomic E-state index is 14.2. The number of aromatic amines is 1. The van der Waals surface area contributed by atoms with Crippen molar-refractivity contribution in [3.05, 3.63) is 35.3 Å². The minimum Gasteiger partial charge on any atom is -0.357 e. The van der Waals surface area contributed by atoms with Gasteiger partial charge in [0.15, 0.2) is 0 Å². The standard InChI is InChI=1S/C21H27FN4O/c22-17-5-2-6-18-21(17)16-7-8-24(13-19(16)23-18)14-20(27)26-11-9-25(10-12-26)15-3-1-4-15/h2,5-6,15,23H,1,3-4,7-14H2. The summed E-state index contributed by atoms with van der Waals surface area (Å²) in [6.45, 7) is 5.70. The molecule has 1 aromatic carbocycles. The van der Waals surface area contributed by atoms with Gasteiger partial charge in [-0.3, -0.25) is 14.6 Å². The largest absolute Gasteiger partial charge is 0.357 e. The molecule has 0 bridgehead atoms. The van der Waals surface area contributed by atoms with E-state index in [-0.39, 0.29) is 11.7 Å². The number of carbonyl (C=O) groups is 1. The summed E-state index contributed by atoms with van der Waals surface area (Å²) in [6.07, 6.45) is 4.81. The number of halogens is 1. The van der Waals surface area contributed by atoms with Crippen LogP contribution in [0.5, 0.6) is 0 Å². The average Bonchev–Trinajstić information content (AvgIpc) is 3.00. The molecule has 5 nitrogen and oxygen atoms in total. The highest BCUT2D eigenvalue weighted by Crippen LogP contribution is 2.29. The lowest BCUT2D eigenvalue weighted by Crippen LogP contribution is -2.55. The maximum absolute atomic E-state index is 14.2. The molecule has 3 heterocycles. The number of H-pyrrole nitrogens is 1. The number of hydrogen-bond donors (Lipinski definition) is 1. The molecule has 5 rings (SSSR count). The number of benzene rings is 1. The Morgan fingerprint density at radius 1 is 1.15 bits per heavy atom. The SMILES string of the molecule is O=C(CN1CCc2c([nH]c3cccc(F)c23)C1)N1CCN(C2CCC2)CC1. The smallest absolute Gasteiger partial charge is 0.236 e. The van der Waals surface area contributed by atoms with Crippen LogP contribution >= 0.6 is 0 Å². The van der Waals surface area contributed by atoms with Crippen molar-refractivity contribution < 1.29 is 9.18 Å². The molecule has 3 aliphatic rings. The highest BCUT2D eigenvalue weighted by molar-refractivity contribution is 5.85. The van der Waals surface area contributed by atoms with Crippen LogP contribution in [0.1, 0.15) is 30.5 Å². The van der Waals surface area contributed by atoms with Crippen LogP contribution in [-0.4, -0.2) is 70.9 Å². The molecule has 27 heavy (non-hydrogen) atoms. The van der Waals surface area contributed by atoms with Gasteiger partial charge < -0.3 is 9.88 Å². The second kappa shape index (κ2) is 6.91. The van der Waals surface area contributed by atoms with Crippen molar-refractivity contribution in [2.45, 2.75) is 38.3 Å². The van der Waals surface area contributed by atoms with Crippen LogP contribution in [-0.2, 0) is 17.8 Å². The molecule has 0 unspecified atom stereocenters. The number of hydrogen-bond acceptors (Lipinski definition) is 3. The topological polar surface area (TPSA) is 42.6 Å². The molecule has 2 aromatic rings. The minimum atomic E-state index is -0.154. The van der Waals surface area contributed by atoms with Gasteiger partial charge in [0.05, 0.1) is 6.54 Å². The molecular formula is C21H27FN4O. The Kier molecular flexibility index (Phi) is 4.40. The van der Waals surface area contributed by atoms with Gasteiger partial charge in [-0.05, 0) is 37.0 Å². The van der Waals surface area contributed by atoms with E-state index in [0.717, 1.165) is 67.3 Å². The quantitative estimate of drug-likeness (QED) is 0.902. The van der Waals surface area contributed by atoms with E-state index in [0.29, 0.717) is 13.1 Å². The monoisotopic (exact) mass is 370 g/mol. The van der Waals surface area contributed by atoms with Crippen molar-refractivity contribution in [2.75, 3.05) is 39.3 Å². The lowest BCUT2D eigenvalue weighted by atomic mass is 9.91.